The van der Waals surface area contributed by atoms with Crippen LogP contribution in [0.15, 0.2) is 40.9 Å². The molecule has 0 saturated heterocycles. The minimum atomic E-state index is -0.396. The van der Waals surface area contributed by atoms with Crippen LogP contribution in [0, 0.1) is 6.92 Å². The summed E-state index contributed by atoms with van der Waals surface area (Å²) in [4.78, 5) is 12.2. The van der Waals surface area contributed by atoms with Gasteiger partial charge in [0.05, 0.1) is 18.4 Å². The first-order valence-corrected chi connectivity index (χ1v) is 6.75. The standard InChI is InChI=1S/C15H14BrNO3/c1-9-3-5-12(16)13(7-9)17-15(19)11-8-10(20-2)4-6-14(11)18/h3-8,18H,1-2H3,(H,17,19). The van der Waals surface area contributed by atoms with Gasteiger partial charge in [-0.25, -0.2) is 0 Å². The minimum Gasteiger partial charge on any atom is -0.507 e. The van der Waals surface area contributed by atoms with Crippen LogP contribution in [0.5, 0.6) is 11.5 Å². The molecule has 2 aromatic rings. The van der Waals surface area contributed by atoms with Crippen molar-refractivity contribution in [1.82, 2.24) is 0 Å². The quantitative estimate of drug-likeness (QED) is 0.898. The molecule has 2 aromatic carbocycles. The first-order valence-electron chi connectivity index (χ1n) is 5.96. The van der Waals surface area contributed by atoms with E-state index in [9.17, 15) is 9.90 Å². The van der Waals surface area contributed by atoms with E-state index in [0.717, 1.165) is 10.0 Å². The van der Waals surface area contributed by atoms with Crippen molar-refractivity contribution in [2.75, 3.05) is 12.4 Å². The Labute approximate surface area is 125 Å². The zero-order chi connectivity index (χ0) is 14.7. The highest BCUT2D eigenvalue weighted by molar-refractivity contribution is 9.10. The maximum Gasteiger partial charge on any atom is 0.259 e. The second-order valence-electron chi connectivity index (χ2n) is 4.32. The number of rotatable bonds is 3. The maximum absolute atomic E-state index is 12.2. The van der Waals surface area contributed by atoms with Crippen molar-refractivity contribution in [3.8, 4) is 11.5 Å². The molecule has 0 radical (unpaired) electrons. The largest absolute Gasteiger partial charge is 0.507 e. The third-order valence-electron chi connectivity index (χ3n) is 2.82. The lowest BCUT2D eigenvalue weighted by Gasteiger charge is -2.10. The van der Waals surface area contributed by atoms with Crippen LogP contribution in [0.25, 0.3) is 0 Å². The number of ether oxygens (including phenoxy) is 1. The number of anilines is 1. The molecule has 0 saturated carbocycles. The highest BCUT2D eigenvalue weighted by Gasteiger charge is 2.14. The second-order valence-corrected chi connectivity index (χ2v) is 5.17. The van der Waals surface area contributed by atoms with Gasteiger partial charge in [-0.05, 0) is 58.7 Å². The van der Waals surface area contributed by atoms with Crippen LogP contribution in [-0.2, 0) is 0 Å². The van der Waals surface area contributed by atoms with Gasteiger partial charge >= 0.3 is 0 Å². The normalized spacial score (nSPS) is 10.2. The number of methoxy groups -OCH3 is 1. The van der Waals surface area contributed by atoms with E-state index in [-0.39, 0.29) is 11.3 Å². The van der Waals surface area contributed by atoms with E-state index >= 15 is 0 Å². The summed E-state index contributed by atoms with van der Waals surface area (Å²) in [6.07, 6.45) is 0. The number of carbonyl (C=O) groups excluding carboxylic acids is 1. The van der Waals surface area contributed by atoms with Crippen LogP contribution < -0.4 is 10.1 Å². The van der Waals surface area contributed by atoms with Crippen LogP contribution in [0.2, 0.25) is 0 Å². The summed E-state index contributed by atoms with van der Waals surface area (Å²) in [7, 11) is 1.51. The van der Waals surface area contributed by atoms with Gasteiger partial charge in [0.1, 0.15) is 11.5 Å². The fourth-order valence-corrected chi connectivity index (χ4v) is 2.09. The van der Waals surface area contributed by atoms with Crippen LogP contribution in [-0.4, -0.2) is 18.1 Å². The number of nitrogens with one attached hydrogen (secondary N) is 1. The molecule has 5 heteroatoms. The molecule has 0 unspecified atom stereocenters. The number of hydrogen-bond acceptors (Lipinski definition) is 3. The monoisotopic (exact) mass is 335 g/mol. The zero-order valence-corrected chi connectivity index (χ0v) is 12.7. The third-order valence-corrected chi connectivity index (χ3v) is 3.51. The van der Waals surface area contributed by atoms with Gasteiger partial charge in [0, 0.05) is 4.47 Å². The molecule has 0 aliphatic carbocycles. The highest BCUT2D eigenvalue weighted by atomic mass is 79.9. The summed E-state index contributed by atoms with van der Waals surface area (Å²) in [5.41, 5.74) is 1.84. The lowest BCUT2D eigenvalue weighted by Crippen LogP contribution is -2.12. The molecule has 20 heavy (non-hydrogen) atoms. The second kappa shape index (κ2) is 5.96. The molecule has 4 nitrogen and oxygen atoms in total. The number of carbonyl (C=O) groups is 1. The molecule has 104 valence electrons. The number of phenolic OH excluding ortho intramolecular Hbond substituents is 1. The number of hydrogen-bond donors (Lipinski definition) is 2. The Morgan fingerprint density at radius 3 is 2.70 bits per heavy atom. The van der Waals surface area contributed by atoms with Crippen molar-refractivity contribution in [1.29, 1.82) is 0 Å². The van der Waals surface area contributed by atoms with E-state index in [2.05, 4.69) is 21.2 Å². The van der Waals surface area contributed by atoms with E-state index in [0.29, 0.717) is 11.4 Å². The Bertz CT molecular complexity index is 656. The molecule has 0 aromatic heterocycles. The topological polar surface area (TPSA) is 58.6 Å². The van der Waals surface area contributed by atoms with E-state index in [1.807, 2.05) is 25.1 Å². The van der Waals surface area contributed by atoms with Crippen molar-refractivity contribution in [2.45, 2.75) is 6.92 Å². The van der Waals surface area contributed by atoms with Gasteiger partial charge < -0.3 is 15.2 Å². The number of aryl methyl sites for hydroxylation is 1. The van der Waals surface area contributed by atoms with Crippen molar-refractivity contribution < 1.29 is 14.6 Å². The summed E-state index contributed by atoms with van der Waals surface area (Å²) >= 11 is 3.38. The molecule has 0 aliphatic rings. The molecular formula is C15H14BrNO3. The predicted molar refractivity (Wildman–Crippen MR) is 81.5 cm³/mol. The maximum atomic E-state index is 12.2. The fourth-order valence-electron chi connectivity index (χ4n) is 1.75. The highest BCUT2D eigenvalue weighted by Crippen LogP contribution is 2.27. The smallest absolute Gasteiger partial charge is 0.259 e. The Morgan fingerprint density at radius 1 is 1.25 bits per heavy atom. The van der Waals surface area contributed by atoms with Gasteiger partial charge in [0.25, 0.3) is 5.91 Å². The summed E-state index contributed by atoms with van der Waals surface area (Å²) in [5, 5.41) is 12.5. The molecule has 0 atom stereocenters. The van der Waals surface area contributed by atoms with E-state index < -0.39 is 5.91 Å². The van der Waals surface area contributed by atoms with Gasteiger partial charge in [-0.1, -0.05) is 6.07 Å². The van der Waals surface area contributed by atoms with Gasteiger partial charge in [-0.15, -0.1) is 0 Å². The van der Waals surface area contributed by atoms with Crippen molar-refractivity contribution >= 4 is 27.5 Å². The van der Waals surface area contributed by atoms with E-state index in [1.54, 1.807) is 6.07 Å². The zero-order valence-electron chi connectivity index (χ0n) is 11.1. The van der Waals surface area contributed by atoms with Crippen LogP contribution >= 0.6 is 15.9 Å². The summed E-state index contributed by atoms with van der Waals surface area (Å²) < 4.78 is 5.83. The minimum absolute atomic E-state index is 0.0907. The number of phenols is 1. The number of halogens is 1. The molecule has 0 heterocycles. The third kappa shape index (κ3) is 3.11. The number of amides is 1. The Morgan fingerprint density at radius 2 is 2.00 bits per heavy atom. The van der Waals surface area contributed by atoms with Crippen LogP contribution in [0.1, 0.15) is 15.9 Å². The van der Waals surface area contributed by atoms with Gasteiger partial charge in [-0.2, -0.15) is 0 Å². The van der Waals surface area contributed by atoms with E-state index in [1.165, 1.54) is 19.2 Å². The Hall–Kier alpha value is -2.01. The van der Waals surface area contributed by atoms with Crippen LogP contribution in [0.3, 0.4) is 0 Å². The van der Waals surface area contributed by atoms with E-state index in [4.69, 9.17) is 4.74 Å². The predicted octanol–water partition coefficient (Wildman–Crippen LogP) is 3.72. The Balaban J connectivity index is 2.30. The molecule has 0 aliphatic heterocycles. The molecule has 2 N–H and O–H groups in total. The molecule has 0 fully saturated rings. The lowest BCUT2D eigenvalue weighted by atomic mass is 10.1. The van der Waals surface area contributed by atoms with Crippen molar-refractivity contribution in [3.63, 3.8) is 0 Å². The van der Waals surface area contributed by atoms with Crippen molar-refractivity contribution in [3.05, 3.63) is 52.0 Å². The first kappa shape index (κ1) is 14.4. The summed E-state index contributed by atoms with van der Waals surface area (Å²) in [6, 6.07) is 10.2. The van der Waals surface area contributed by atoms with Gasteiger partial charge in [-0.3, -0.25) is 4.79 Å². The average Bonchev–Trinajstić information content (AvgIpc) is 2.43. The lowest BCUT2D eigenvalue weighted by molar-refractivity contribution is 0.102. The summed E-state index contributed by atoms with van der Waals surface area (Å²) in [5.74, 6) is 0.0241. The van der Waals surface area contributed by atoms with Gasteiger partial charge in [0.2, 0.25) is 0 Å². The first-order chi connectivity index (χ1) is 9.51. The fraction of sp³-hybridized carbons (Fsp3) is 0.133. The molecule has 0 spiro atoms. The van der Waals surface area contributed by atoms with Crippen molar-refractivity contribution in [2.24, 2.45) is 0 Å². The van der Waals surface area contributed by atoms with Crippen LogP contribution in [0.4, 0.5) is 5.69 Å². The molecule has 2 rings (SSSR count). The number of aromatic hydroxyl groups is 1. The molecule has 0 bridgehead atoms. The summed E-state index contributed by atoms with van der Waals surface area (Å²) in [6.45, 7) is 1.94. The molecule has 1 amide bonds. The average molecular weight is 336 g/mol. The molecular weight excluding hydrogens is 322 g/mol. The Kier molecular flexibility index (Phi) is 4.29. The number of benzene rings is 2. The van der Waals surface area contributed by atoms with Gasteiger partial charge in [0.15, 0.2) is 0 Å². The SMILES string of the molecule is COc1ccc(O)c(C(=O)Nc2cc(C)ccc2Br)c1.